The average molecular weight is 619 g/mol. The smallest absolute Gasteiger partial charge is 0.0547 e. The molecular weight excluding hydrogens is 581 g/mol. The molecule has 0 amide bonds. The molecule has 0 radical (unpaired) electrons. The molecule has 6 aromatic rings. The van der Waals surface area contributed by atoms with Gasteiger partial charge in [-0.05, 0) is 114 Å². The van der Waals surface area contributed by atoms with E-state index in [4.69, 9.17) is 0 Å². The monoisotopic (exact) mass is 618 g/mol. The predicted octanol–water partition coefficient (Wildman–Crippen LogP) is 12.6. The van der Waals surface area contributed by atoms with Gasteiger partial charge in [-0.15, -0.1) is 0 Å². The lowest BCUT2D eigenvalue weighted by Gasteiger charge is -2.31. The number of benzene rings is 5. The lowest BCUT2D eigenvalue weighted by molar-refractivity contribution is 0.846. The summed E-state index contributed by atoms with van der Waals surface area (Å²) in [5.74, 6) is 0.442. The largest absolute Gasteiger partial charge is 0.314 e. The molecule has 0 bridgehead atoms. The van der Waals surface area contributed by atoms with Gasteiger partial charge in [-0.3, -0.25) is 0 Å². The van der Waals surface area contributed by atoms with Crippen molar-refractivity contribution in [3.8, 4) is 5.69 Å². The molecule has 3 aliphatic rings. The Balaban J connectivity index is 1.13. The fourth-order valence-corrected chi connectivity index (χ4v) is 7.90. The standard InChI is InChI=1S/C46H38N2/c1-3-11-33(12-4-1)35-19-24-38(25-20-35)47(39-26-21-36(22-27-39)34-13-5-2-6-14-34)40-28-30-41(31-29-40)48-44-18-10-9-17-43(44)46-42-16-8-7-15-37(42)23-32-45(46)48/h1-5,7-11,13,15-21,23-26,28-33H,6,12,14,22,27H2. The molecule has 3 aliphatic carbocycles. The second kappa shape index (κ2) is 12.2. The van der Waals surface area contributed by atoms with E-state index in [9.17, 15) is 0 Å². The molecule has 0 saturated carbocycles. The van der Waals surface area contributed by atoms with E-state index in [0.29, 0.717) is 5.92 Å². The lowest BCUT2D eigenvalue weighted by Crippen LogP contribution is -2.18. The molecule has 0 fully saturated rings. The first-order chi connectivity index (χ1) is 23.8. The maximum atomic E-state index is 2.46. The minimum atomic E-state index is 0.442. The highest BCUT2D eigenvalue weighted by Crippen LogP contribution is 2.40. The normalized spacial score (nSPS) is 17.5. The van der Waals surface area contributed by atoms with Crippen molar-refractivity contribution in [3.63, 3.8) is 0 Å². The van der Waals surface area contributed by atoms with E-state index in [0.717, 1.165) is 32.1 Å². The zero-order chi connectivity index (χ0) is 31.9. The van der Waals surface area contributed by atoms with Gasteiger partial charge in [0.1, 0.15) is 0 Å². The van der Waals surface area contributed by atoms with Crippen molar-refractivity contribution in [1.29, 1.82) is 0 Å². The van der Waals surface area contributed by atoms with E-state index in [1.54, 1.807) is 0 Å². The zero-order valence-electron chi connectivity index (χ0n) is 27.1. The minimum absolute atomic E-state index is 0.442. The Labute approximate surface area is 282 Å². The fourth-order valence-electron chi connectivity index (χ4n) is 7.90. The van der Waals surface area contributed by atoms with Gasteiger partial charge in [0, 0.05) is 39.4 Å². The molecule has 1 heterocycles. The minimum Gasteiger partial charge on any atom is -0.314 e. The van der Waals surface area contributed by atoms with Crippen LogP contribution in [0.4, 0.5) is 11.4 Å². The van der Waals surface area contributed by atoms with Crippen LogP contribution in [-0.4, -0.2) is 4.57 Å². The van der Waals surface area contributed by atoms with Gasteiger partial charge in [-0.1, -0.05) is 109 Å². The molecule has 5 aromatic carbocycles. The number of aromatic nitrogens is 1. The molecule has 0 aliphatic heterocycles. The Bertz CT molecular complexity index is 2350. The SMILES string of the molecule is C1=CCCC(C2=CC=C(N(c3ccc(C4C=CC=CC4)cc3)c3ccc(-n4c5ccccc5c5c6ccccc6ccc54)cc3)CC2)=C1. The summed E-state index contributed by atoms with van der Waals surface area (Å²) in [6.45, 7) is 0. The van der Waals surface area contributed by atoms with Gasteiger partial charge < -0.3 is 9.47 Å². The van der Waals surface area contributed by atoms with Crippen LogP contribution in [0.15, 0.2) is 181 Å². The molecule has 1 aromatic heterocycles. The van der Waals surface area contributed by atoms with Crippen LogP contribution >= 0.6 is 0 Å². The molecule has 232 valence electrons. The van der Waals surface area contributed by atoms with Gasteiger partial charge in [-0.2, -0.15) is 0 Å². The number of anilines is 2. The summed E-state index contributed by atoms with van der Waals surface area (Å²) < 4.78 is 2.42. The van der Waals surface area contributed by atoms with E-state index in [-0.39, 0.29) is 0 Å². The number of para-hydroxylation sites is 1. The second-order valence-corrected chi connectivity index (χ2v) is 13.1. The van der Waals surface area contributed by atoms with Crippen LogP contribution < -0.4 is 4.90 Å². The summed E-state index contributed by atoms with van der Waals surface area (Å²) in [5.41, 5.74) is 11.7. The van der Waals surface area contributed by atoms with Crippen LogP contribution in [0, 0.1) is 0 Å². The van der Waals surface area contributed by atoms with Gasteiger partial charge in [-0.25, -0.2) is 0 Å². The maximum Gasteiger partial charge on any atom is 0.0547 e. The quantitative estimate of drug-likeness (QED) is 0.180. The number of allylic oxidation sites excluding steroid dienone is 12. The fraction of sp³-hybridized carbons (Fsp3) is 0.130. The molecule has 2 nitrogen and oxygen atoms in total. The Hall–Kier alpha value is -5.60. The highest BCUT2D eigenvalue weighted by atomic mass is 15.1. The third kappa shape index (κ3) is 5.05. The molecule has 1 unspecified atom stereocenters. The van der Waals surface area contributed by atoms with Crippen LogP contribution in [0.1, 0.15) is 43.6 Å². The van der Waals surface area contributed by atoms with Crippen LogP contribution in [0.5, 0.6) is 0 Å². The first-order valence-electron chi connectivity index (χ1n) is 17.3. The third-order valence-electron chi connectivity index (χ3n) is 10.3. The molecule has 0 N–H and O–H groups in total. The van der Waals surface area contributed by atoms with Crippen molar-refractivity contribution < 1.29 is 0 Å². The first-order valence-corrected chi connectivity index (χ1v) is 17.3. The van der Waals surface area contributed by atoms with Crippen molar-refractivity contribution in [1.82, 2.24) is 4.57 Å². The highest BCUT2D eigenvalue weighted by molar-refractivity contribution is 6.21. The molecule has 1 atom stereocenters. The molecule has 2 heteroatoms. The Morgan fingerprint density at radius 1 is 0.562 bits per heavy atom. The topological polar surface area (TPSA) is 8.17 Å². The van der Waals surface area contributed by atoms with Crippen molar-refractivity contribution in [3.05, 3.63) is 186 Å². The van der Waals surface area contributed by atoms with E-state index in [2.05, 4.69) is 173 Å². The van der Waals surface area contributed by atoms with Crippen molar-refractivity contribution in [2.75, 3.05) is 4.90 Å². The number of hydrogen-bond donors (Lipinski definition) is 0. The zero-order valence-corrected chi connectivity index (χ0v) is 27.1. The molecule has 0 spiro atoms. The van der Waals surface area contributed by atoms with E-state index in [1.165, 1.54) is 72.0 Å². The van der Waals surface area contributed by atoms with Crippen LogP contribution in [-0.2, 0) is 0 Å². The van der Waals surface area contributed by atoms with Crippen molar-refractivity contribution in [2.45, 2.75) is 38.0 Å². The lowest BCUT2D eigenvalue weighted by atomic mass is 9.90. The van der Waals surface area contributed by atoms with E-state index < -0.39 is 0 Å². The molecule has 48 heavy (non-hydrogen) atoms. The number of nitrogens with zero attached hydrogens (tertiary/aromatic N) is 2. The summed E-state index contributed by atoms with van der Waals surface area (Å²) in [7, 11) is 0. The molecule has 9 rings (SSSR count). The number of fused-ring (bicyclic) bond motifs is 5. The first kappa shape index (κ1) is 28.6. The van der Waals surface area contributed by atoms with Gasteiger partial charge in [0.2, 0.25) is 0 Å². The number of hydrogen-bond acceptors (Lipinski definition) is 1. The highest BCUT2D eigenvalue weighted by Gasteiger charge is 2.21. The van der Waals surface area contributed by atoms with Crippen molar-refractivity contribution in [2.24, 2.45) is 0 Å². The molecule has 0 saturated heterocycles. The van der Waals surface area contributed by atoms with Gasteiger partial charge in [0.25, 0.3) is 0 Å². The van der Waals surface area contributed by atoms with Crippen LogP contribution in [0.3, 0.4) is 0 Å². The van der Waals surface area contributed by atoms with Crippen molar-refractivity contribution >= 4 is 44.0 Å². The van der Waals surface area contributed by atoms with Crippen LogP contribution in [0.2, 0.25) is 0 Å². The van der Waals surface area contributed by atoms with Crippen LogP contribution in [0.25, 0.3) is 38.3 Å². The van der Waals surface area contributed by atoms with E-state index in [1.807, 2.05) is 0 Å². The summed E-state index contributed by atoms with van der Waals surface area (Å²) in [5, 5.41) is 5.18. The van der Waals surface area contributed by atoms with Gasteiger partial charge in [0.15, 0.2) is 0 Å². The van der Waals surface area contributed by atoms with E-state index >= 15 is 0 Å². The summed E-state index contributed by atoms with van der Waals surface area (Å²) in [4.78, 5) is 2.46. The number of rotatable bonds is 6. The Morgan fingerprint density at radius 3 is 2.08 bits per heavy atom. The Morgan fingerprint density at radius 2 is 1.33 bits per heavy atom. The third-order valence-corrected chi connectivity index (χ3v) is 10.3. The summed E-state index contributed by atoms with van der Waals surface area (Å²) in [6.07, 6.45) is 25.8. The summed E-state index contributed by atoms with van der Waals surface area (Å²) >= 11 is 0. The van der Waals surface area contributed by atoms with Gasteiger partial charge >= 0.3 is 0 Å². The second-order valence-electron chi connectivity index (χ2n) is 13.1. The maximum absolute atomic E-state index is 2.46. The van der Waals surface area contributed by atoms with Gasteiger partial charge in [0.05, 0.1) is 11.0 Å². The summed E-state index contributed by atoms with van der Waals surface area (Å²) in [6, 6.07) is 40.5. The molecular formula is C46H38N2. The Kier molecular flexibility index (Phi) is 7.28. The average Bonchev–Trinajstić information content (AvgIpc) is 3.51. The predicted molar refractivity (Wildman–Crippen MR) is 204 cm³/mol.